The summed E-state index contributed by atoms with van der Waals surface area (Å²) in [5, 5.41) is 13.0. The second-order valence-corrected chi connectivity index (χ2v) is 7.22. The number of aliphatic hydroxyl groups is 1. The van der Waals surface area contributed by atoms with Gasteiger partial charge in [0.1, 0.15) is 0 Å². The molecule has 3 fully saturated rings. The zero-order chi connectivity index (χ0) is 13.3. The molecule has 1 aliphatic carbocycles. The molecule has 0 aromatic rings. The number of thioether (sulfide) groups is 1. The highest BCUT2D eigenvalue weighted by molar-refractivity contribution is 8.00. The van der Waals surface area contributed by atoms with Crippen LogP contribution in [0.5, 0.6) is 0 Å². The van der Waals surface area contributed by atoms with Gasteiger partial charge in [0, 0.05) is 23.5 Å². The van der Waals surface area contributed by atoms with Crippen LogP contribution in [0.4, 0.5) is 0 Å². The van der Waals surface area contributed by atoms with Crippen LogP contribution < -0.4 is 5.32 Å². The topological polar surface area (TPSA) is 58.6 Å². The van der Waals surface area contributed by atoms with Crippen LogP contribution in [0, 0.1) is 11.3 Å². The van der Waals surface area contributed by atoms with Gasteiger partial charge in [-0.1, -0.05) is 6.42 Å². The van der Waals surface area contributed by atoms with Gasteiger partial charge in [-0.05, 0) is 25.7 Å². The Bertz CT molecular complexity index is 330. The maximum atomic E-state index is 12.2. The molecule has 2 atom stereocenters. The lowest BCUT2D eigenvalue weighted by Gasteiger charge is -2.49. The summed E-state index contributed by atoms with van der Waals surface area (Å²) in [6.07, 6.45) is 5.34. The zero-order valence-electron chi connectivity index (χ0n) is 11.3. The lowest BCUT2D eigenvalue weighted by molar-refractivity contribution is -0.130. The van der Waals surface area contributed by atoms with Crippen LogP contribution in [-0.4, -0.2) is 47.9 Å². The lowest BCUT2D eigenvalue weighted by atomic mass is 9.63. The number of carbonyl (C=O) groups is 1. The smallest absolute Gasteiger partial charge is 0.225 e. The van der Waals surface area contributed by atoms with Crippen LogP contribution in [0.2, 0.25) is 0 Å². The van der Waals surface area contributed by atoms with Gasteiger partial charge in [-0.15, -0.1) is 0 Å². The molecule has 2 saturated heterocycles. The molecule has 2 aliphatic heterocycles. The molecule has 0 aromatic carbocycles. The number of rotatable bonds is 5. The Morgan fingerprint density at radius 2 is 2.21 bits per heavy atom. The highest BCUT2D eigenvalue weighted by Crippen LogP contribution is 2.46. The van der Waals surface area contributed by atoms with E-state index in [-0.39, 0.29) is 36.0 Å². The first-order chi connectivity index (χ1) is 9.25. The molecule has 3 aliphatic rings. The number of aliphatic hydroxyl groups excluding tert-OH is 1. The Hall–Kier alpha value is -0.260. The monoisotopic (exact) mass is 285 g/mol. The summed E-state index contributed by atoms with van der Waals surface area (Å²) in [4.78, 5) is 12.2. The molecule has 5 heteroatoms. The van der Waals surface area contributed by atoms with Crippen LogP contribution in [0.3, 0.4) is 0 Å². The lowest BCUT2D eigenvalue weighted by Crippen LogP contribution is -2.60. The Morgan fingerprint density at radius 1 is 1.42 bits per heavy atom. The van der Waals surface area contributed by atoms with Crippen molar-refractivity contribution in [3.63, 3.8) is 0 Å². The molecule has 2 heterocycles. The van der Waals surface area contributed by atoms with Gasteiger partial charge in [0.2, 0.25) is 5.91 Å². The first kappa shape index (κ1) is 13.7. The van der Waals surface area contributed by atoms with Crippen LogP contribution in [0.1, 0.15) is 32.1 Å². The largest absolute Gasteiger partial charge is 0.396 e. The number of nitrogens with one attached hydrogen (secondary N) is 1. The average molecular weight is 285 g/mol. The van der Waals surface area contributed by atoms with E-state index in [1.165, 1.54) is 0 Å². The predicted octanol–water partition coefficient (Wildman–Crippen LogP) is 1.18. The molecule has 0 radical (unpaired) electrons. The molecule has 2 unspecified atom stereocenters. The Morgan fingerprint density at radius 3 is 2.63 bits per heavy atom. The first-order valence-electron chi connectivity index (χ1n) is 7.36. The number of ether oxygens (including phenoxy) is 1. The summed E-state index contributed by atoms with van der Waals surface area (Å²) in [5.74, 6) is 2.22. The molecule has 4 nitrogen and oxygen atoms in total. The molecule has 0 spiro atoms. The maximum absolute atomic E-state index is 12.2. The molecule has 0 bridgehead atoms. The van der Waals surface area contributed by atoms with Gasteiger partial charge >= 0.3 is 0 Å². The summed E-state index contributed by atoms with van der Waals surface area (Å²) < 4.78 is 5.80. The van der Waals surface area contributed by atoms with E-state index in [0.29, 0.717) is 0 Å². The number of carbonyl (C=O) groups excluding carboxylic acids is 1. The molecule has 108 valence electrons. The van der Waals surface area contributed by atoms with Crippen molar-refractivity contribution in [3.8, 4) is 0 Å². The van der Waals surface area contributed by atoms with Gasteiger partial charge < -0.3 is 15.2 Å². The van der Waals surface area contributed by atoms with Crippen molar-refractivity contribution in [1.82, 2.24) is 5.32 Å². The fourth-order valence-electron chi connectivity index (χ4n) is 3.36. The molecular weight excluding hydrogens is 262 g/mol. The summed E-state index contributed by atoms with van der Waals surface area (Å²) in [7, 11) is 0. The normalized spacial score (nSPS) is 31.3. The zero-order valence-corrected chi connectivity index (χ0v) is 12.1. The second kappa shape index (κ2) is 5.62. The van der Waals surface area contributed by atoms with Crippen molar-refractivity contribution in [2.75, 3.05) is 24.7 Å². The minimum absolute atomic E-state index is 0.00634. The van der Waals surface area contributed by atoms with Gasteiger partial charge in [-0.3, -0.25) is 4.79 Å². The van der Waals surface area contributed by atoms with Crippen LogP contribution >= 0.6 is 11.8 Å². The number of hydrogen-bond acceptors (Lipinski definition) is 4. The summed E-state index contributed by atoms with van der Waals surface area (Å²) in [5.41, 5.74) is -0.123. The Labute approximate surface area is 118 Å². The van der Waals surface area contributed by atoms with E-state index in [2.05, 4.69) is 5.32 Å². The fourth-order valence-corrected chi connectivity index (χ4v) is 4.14. The third-order valence-electron chi connectivity index (χ3n) is 4.97. The predicted molar refractivity (Wildman–Crippen MR) is 75.1 cm³/mol. The molecule has 2 N–H and O–H groups in total. The molecule has 1 amide bonds. The van der Waals surface area contributed by atoms with E-state index >= 15 is 0 Å². The number of hydrogen-bond donors (Lipinski definition) is 2. The van der Waals surface area contributed by atoms with Crippen molar-refractivity contribution in [2.24, 2.45) is 11.3 Å². The Kier molecular flexibility index (Phi) is 4.06. The molecule has 19 heavy (non-hydrogen) atoms. The molecule has 3 rings (SSSR count). The van der Waals surface area contributed by atoms with Gasteiger partial charge in [-0.25, -0.2) is 0 Å². The highest BCUT2D eigenvalue weighted by atomic mass is 32.2. The summed E-state index contributed by atoms with van der Waals surface area (Å²) in [6, 6.07) is 0.00634. The molecule has 0 aromatic heterocycles. The van der Waals surface area contributed by atoms with Crippen molar-refractivity contribution in [2.45, 2.75) is 44.2 Å². The Balaban J connectivity index is 1.69. The third-order valence-corrected chi connectivity index (χ3v) is 6.24. The van der Waals surface area contributed by atoms with E-state index < -0.39 is 0 Å². The van der Waals surface area contributed by atoms with Gasteiger partial charge in [-0.2, -0.15) is 11.8 Å². The maximum Gasteiger partial charge on any atom is 0.225 e. The molecule has 1 saturated carbocycles. The standard InChI is InChI=1S/C14H23NO3S/c16-9-14(4-2-5-14)12(11-3-1-6-18-11)15-13(17)10-7-19-8-10/h10-12,16H,1-9H2,(H,15,17). The van der Waals surface area contributed by atoms with E-state index in [1.54, 1.807) is 0 Å². The summed E-state index contributed by atoms with van der Waals surface area (Å²) in [6.45, 7) is 0.953. The van der Waals surface area contributed by atoms with E-state index in [0.717, 1.165) is 50.2 Å². The van der Waals surface area contributed by atoms with Crippen LogP contribution in [0.25, 0.3) is 0 Å². The second-order valence-electron chi connectivity index (χ2n) is 6.15. The van der Waals surface area contributed by atoms with Crippen molar-refractivity contribution < 1.29 is 14.6 Å². The average Bonchev–Trinajstić information content (AvgIpc) is 2.77. The summed E-state index contributed by atoms with van der Waals surface area (Å²) >= 11 is 1.82. The van der Waals surface area contributed by atoms with Crippen LogP contribution in [0.15, 0.2) is 0 Å². The van der Waals surface area contributed by atoms with Gasteiger partial charge in [0.15, 0.2) is 0 Å². The quantitative estimate of drug-likeness (QED) is 0.796. The third kappa shape index (κ3) is 2.52. The van der Waals surface area contributed by atoms with E-state index in [4.69, 9.17) is 4.74 Å². The van der Waals surface area contributed by atoms with E-state index in [9.17, 15) is 9.90 Å². The highest BCUT2D eigenvalue weighted by Gasteiger charge is 2.49. The minimum atomic E-state index is -0.123. The fraction of sp³-hybridized carbons (Fsp3) is 0.929. The first-order valence-corrected chi connectivity index (χ1v) is 8.51. The SMILES string of the molecule is O=C(NC(C1CCCO1)C1(CO)CCC1)C1CSC1. The van der Waals surface area contributed by atoms with Gasteiger partial charge in [0.25, 0.3) is 0 Å². The molecular formula is C14H23NO3S. The van der Waals surface area contributed by atoms with Gasteiger partial charge in [0.05, 0.1) is 24.7 Å². The minimum Gasteiger partial charge on any atom is -0.396 e. The van der Waals surface area contributed by atoms with Crippen molar-refractivity contribution in [3.05, 3.63) is 0 Å². The van der Waals surface area contributed by atoms with Crippen LogP contribution in [-0.2, 0) is 9.53 Å². The van der Waals surface area contributed by atoms with E-state index in [1.807, 2.05) is 11.8 Å². The number of amides is 1. The van der Waals surface area contributed by atoms with Crippen molar-refractivity contribution in [1.29, 1.82) is 0 Å². The van der Waals surface area contributed by atoms with Crippen molar-refractivity contribution >= 4 is 17.7 Å².